The molecule has 6 nitrogen and oxygen atoms in total. The molecular formula is C11H18N2O4. The second-order valence-corrected chi connectivity index (χ2v) is 3.59. The van der Waals surface area contributed by atoms with Gasteiger partial charge in [-0.05, 0) is 18.9 Å². The lowest BCUT2D eigenvalue weighted by Gasteiger charge is -2.10. The predicted molar refractivity (Wildman–Crippen MR) is 62.5 cm³/mol. The van der Waals surface area contributed by atoms with E-state index in [9.17, 15) is 14.4 Å². The zero-order chi connectivity index (χ0) is 13.3. The van der Waals surface area contributed by atoms with E-state index in [1.165, 1.54) is 18.1 Å². The number of carbonyl (C=O) groups excluding carboxylic acids is 3. The summed E-state index contributed by atoms with van der Waals surface area (Å²) in [6.45, 7) is 0. The van der Waals surface area contributed by atoms with Gasteiger partial charge in [0.25, 0.3) is 0 Å². The van der Waals surface area contributed by atoms with E-state index in [1.54, 1.807) is 20.2 Å². The Morgan fingerprint density at radius 2 is 2.06 bits per heavy atom. The molecule has 1 atom stereocenters. The standard InChI is InChI=1S/C11H18N2O4/c1-13(2)10(15)7-5-4-6-9(8-14)12-11(16)17-3/h5,7-9H,4,6H2,1-3H3,(H,12,16)/b7-5+/t9-/m0/s1. The third-order valence-corrected chi connectivity index (χ3v) is 2.00. The van der Waals surface area contributed by atoms with Crippen molar-refractivity contribution in [1.82, 2.24) is 10.2 Å². The van der Waals surface area contributed by atoms with Gasteiger partial charge >= 0.3 is 6.09 Å². The van der Waals surface area contributed by atoms with Crippen LogP contribution in [0.5, 0.6) is 0 Å². The number of amides is 2. The number of alkyl carbamates (subject to hydrolysis) is 1. The van der Waals surface area contributed by atoms with Crippen LogP contribution < -0.4 is 5.32 Å². The van der Waals surface area contributed by atoms with Crippen molar-refractivity contribution in [1.29, 1.82) is 0 Å². The number of ether oxygens (including phenoxy) is 1. The molecule has 0 fully saturated rings. The summed E-state index contributed by atoms with van der Waals surface area (Å²) in [7, 11) is 4.53. The monoisotopic (exact) mass is 242 g/mol. The number of nitrogens with one attached hydrogen (secondary N) is 1. The summed E-state index contributed by atoms with van der Waals surface area (Å²) in [6.07, 6.45) is 4.04. The van der Waals surface area contributed by atoms with Crippen molar-refractivity contribution in [2.75, 3.05) is 21.2 Å². The number of nitrogens with zero attached hydrogens (tertiary/aromatic N) is 1. The van der Waals surface area contributed by atoms with Crippen molar-refractivity contribution in [2.45, 2.75) is 18.9 Å². The van der Waals surface area contributed by atoms with E-state index in [0.717, 1.165) is 0 Å². The molecule has 6 heteroatoms. The number of carbonyl (C=O) groups is 3. The van der Waals surface area contributed by atoms with E-state index in [2.05, 4.69) is 10.1 Å². The maximum Gasteiger partial charge on any atom is 0.407 e. The predicted octanol–water partition coefficient (Wildman–Crippen LogP) is 0.334. The molecule has 17 heavy (non-hydrogen) atoms. The summed E-state index contributed by atoms with van der Waals surface area (Å²) in [4.78, 5) is 34.1. The van der Waals surface area contributed by atoms with E-state index >= 15 is 0 Å². The van der Waals surface area contributed by atoms with Crippen LogP contribution in [0.25, 0.3) is 0 Å². The Morgan fingerprint density at radius 3 is 2.53 bits per heavy atom. The maximum atomic E-state index is 11.2. The van der Waals surface area contributed by atoms with Gasteiger partial charge in [-0.1, -0.05) is 6.08 Å². The lowest BCUT2D eigenvalue weighted by atomic mass is 10.1. The number of rotatable bonds is 6. The van der Waals surface area contributed by atoms with Crippen molar-refractivity contribution in [3.8, 4) is 0 Å². The van der Waals surface area contributed by atoms with E-state index < -0.39 is 12.1 Å². The summed E-state index contributed by atoms with van der Waals surface area (Å²) >= 11 is 0. The van der Waals surface area contributed by atoms with Crippen molar-refractivity contribution >= 4 is 18.3 Å². The van der Waals surface area contributed by atoms with E-state index in [0.29, 0.717) is 19.1 Å². The maximum absolute atomic E-state index is 11.2. The van der Waals surface area contributed by atoms with Gasteiger partial charge in [0.05, 0.1) is 13.2 Å². The Kier molecular flexibility index (Phi) is 7.41. The fourth-order valence-electron chi connectivity index (χ4n) is 0.994. The summed E-state index contributed by atoms with van der Waals surface area (Å²) in [6, 6.07) is -0.596. The summed E-state index contributed by atoms with van der Waals surface area (Å²) in [5.74, 6) is -0.117. The second-order valence-electron chi connectivity index (χ2n) is 3.59. The lowest BCUT2D eigenvalue weighted by molar-refractivity contribution is -0.123. The van der Waals surface area contributed by atoms with Crippen molar-refractivity contribution in [3.63, 3.8) is 0 Å². The topological polar surface area (TPSA) is 75.7 Å². The minimum absolute atomic E-state index is 0.117. The number of hydrogen-bond donors (Lipinski definition) is 1. The molecule has 0 heterocycles. The summed E-state index contributed by atoms with van der Waals surface area (Å²) in [5.41, 5.74) is 0. The first-order chi connectivity index (χ1) is 8.01. The van der Waals surface area contributed by atoms with Crippen LogP contribution in [0.2, 0.25) is 0 Å². The highest BCUT2D eigenvalue weighted by molar-refractivity contribution is 5.87. The molecule has 0 aliphatic rings. The molecule has 0 aliphatic heterocycles. The first-order valence-electron chi connectivity index (χ1n) is 5.18. The fraction of sp³-hybridized carbons (Fsp3) is 0.545. The Hall–Kier alpha value is -1.85. The van der Waals surface area contributed by atoms with Gasteiger partial charge in [-0.25, -0.2) is 4.79 Å². The molecule has 96 valence electrons. The van der Waals surface area contributed by atoms with Gasteiger partial charge in [0.15, 0.2) is 0 Å². The molecule has 0 saturated heterocycles. The highest BCUT2D eigenvalue weighted by Crippen LogP contribution is 1.97. The normalized spacial score (nSPS) is 11.9. The van der Waals surface area contributed by atoms with Crippen LogP contribution in [0, 0.1) is 0 Å². The van der Waals surface area contributed by atoms with E-state index in [4.69, 9.17) is 0 Å². The molecular weight excluding hydrogens is 224 g/mol. The lowest BCUT2D eigenvalue weighted by Crippen LogP contribution is -2.35. The Balaban J connectivity index is 3.96. The number of aldehydes is 1. The highest BCUT2D eigenvalue weighted by Gasteiger charge is 2.09. The SMILES string of the molecule is COC(=O)N[C@H](C=O)CC/C=C/C(=O)N(C)C. The van der Waals surface area contributed by atoms with Crippen LogP contribution >= 0.6 is 0 Å². The molecule has 0 saturated carbocycles. The molecule has 0 aromatic heterocycles. The van der Waals surface area contributed by atoms with E-state index in [-0.39, 0.29) is 5.91 Å². The molecule has 1 N–H and O–H groups in total. The smallest absolute Gasteiger partial charge is 0.407 e. The third kappa shape index (κ3) is 7.10. The Labute approximate surface area is 101 Å². The Morgan fingerprint density at radius 1 is 1.41 bits per heavy atom. The third-order valence-electron chi connectivity index (χ3n) is 2.00. The first kappa shape index (κ1) is 15.2. The molecule has 0 aromatic carbocycles. The molecule has 0 bridgehead atoms. The van der Waals surface area contributed by atoms with Gasteiger partial charge in [-0.3, -0.25) is 4.79 Å². The van der Waals surface area contributed by atoms with Gasteiger partial charge in [0.1, 0.15) is 6.29 Å². The van der Waals surface area contributed by atoms with Crippen LogP contribution in [-0.2, 0) is 14.3 Å². The summed E-state index contributed by atoms with van der Waals surface area (Å²) in [5, 5.41) is 2.37. The van der Waals surface area contributed by atoms with Crippen LogP contribution in [0.3, 0.4) is 0 Å². The minimum Gasteiger partial charge on any atom is -0.453 e. The van der Waals surface area contributed by atoms with Crippen LogP contribution in [0.15, 0.2) is 12.2 Å². The molecule has 0 radical (unpaired) electrons. The van der Waals surface area contributed by atoms with Crippen LogP contribution in [0.1, 0.15) is 12.8 Å². The minimum atomic E-state index is -0.643. The second kappa shape index (κ2) is 8.32. The molecule has 0 aliphatic carbocycles. The van der Waals surface area contributed by atoms with Gasteiger partial charge in [0, 0.05) is 14.1 Å². The van der Waals surface area contributed by atoms with Gasteiger partial charge in [-0.15, -0.1) is 0 Å². The quantitative estimate of drug-likeness (QED) is 0.538. The number of hydrogen-bond acceptors (Lipinski definition) is 4. The first-order valence-corrected chi connectivity index (χ1v) is 5.18. The zero-order valence-corrected chi connectivity index (χ0v) is 10.3. The average Bonchev–Trinajstić information content (AvgIpc) is 2.31. The van der Waals surface area contributed by atoms with Gasteiger partial charge < -0.3 is 19.7 Å². The summed E-state index contributed by atoms with van der Waals surface area (Å²) < 4.78 is 4.37. The molecule has 0 aromatic rings. The average molecular weight is 242 g/mol. The van der Waals surface area contributed by atoms with Gasteiger partial charge in [0.2, 0.25) is 5.91 Å². The molecule has 0 unspecified atom stereocenters. The Bertz CT molecular complexity index is 300. The number of methoxy groups -OCH3 is 1. The van der Waals surface area contributed by atoms with Crippen LogP contribution in [0.4, 0.5) is 4.79 Å². The van der Waals surface area contributed by atoms with Crippen LogP contribution in [-0.4, -0.2) is 50.4 Å². The van der Waals surface area contributed by atoms with Crippen molar-refractivity contribution < 1.29 is 19.1 Å². The van der Waals surface area contributed by atoms with Gasteiger partial charge in [-0.2, -0.15) is 0 Å². The highest BCUT2D eigenvalue weighted by atomic mass is 16.5. The van der Waals surface area contributed by atoms with Crippen molar-refractivity contribution in [3.05, 3.63) is 12.2 Å². The van der Waals surface area contributed by atoms with E-state index in [1.807, 2.05) is 0 Å². The molecule has 2 amide bonds. The molecule has 0 rings (SSSR count). The fourth-order valence-corrected chi connectivity index (χ4v) is 0.994. The van der Waals surface area contributed by atoms with Crippen molar-refractivity contribution in [2.24, 2.45) is 0 Å². The number of likely N-dealkylation sites (N-methyl/N-ethyl adjacent to an activating group) is 1. The zero-order valence-electron chi connectivity index (χ0n) is 10.3. The largest absolute Gasteiger partial charge is 0.453 e. The number of allylic oxidation sites excluding steroid dienone is 1. The molecule has 0 spiro atoms.